The van der Waals surface area contributed by atoms with Gasteiger partial charge in [-0.15, -0.1) is 0 Å². The molecule has 432 valence electrons. The molecule has 4 rings (SSSR count). The molecule has 0 amide bonds. The van der Waals surface area contributed by atoms with E-state index in [4.69, 9.17) is 0 Å². The van der Waals surface area contributed by atoms with Gasteiger partial charge in [0.25, 0.3) is 0 Å². The van der Waals surface area contributed by atoms with Crippen LogP contribution in [0, 0.1) is 0 Å². The fraction of sp³-hybridized carbons (Fsp3) is 0.680. The number of aryl methyl sites for hydroxylation is 4. The molecule has 4 aromatic rings. The molecule has 0 fully saturated rings. The molecule has 0 heterocycles. The van der Waals surface area contributed by atoms with Crippen LogP contribution in [0.4, 0.5) is 0 Å². The summed E-state index contributed by atoms with van der Waals surface area (Å²) < 4.78 is 0. The van der Waals surface area contributed by atoms with Gasteiger partial charge in [-0.1, -0.05) is 223 Å². The summed E-state index contributed by atoms with van der Waals surface area (Å²) in [7, 11) is -1.73. The fourth-order valence-electron chi connectivity index (χ4n) is 12.9. The minimum atomic E-state index is -0.865. The molecule has 2 heteroatoms. The zero-order valence-electron chi connectivity index (χ0n) is 53.5. The zero-order valence-corrected chi connectivity index (χ0v) is 55.3. The van der Waals surface area contributed by atoms with Crippen molar-refractivity contribution >= 4 is 37.1 Å². The van der Waals surface area contributed by atoms with E-state index < -0.39 is 15.8 Å². The number of hydrogen-bond acceptors (Lipinski definition) is 0. The molecule has 0 aliphatic heterocycles. The van der Waals surface area contributed by atoms with E-state index in [1.165, 1.54) is 231 Å². The first kappa shape index (κ1) is 67.2. The lowest BCUT2D eigenvalue weighted by atomic mass is 9.90. The van der Waals surface area contributed by atoms with Crippen molar-refractivity contribution in [3.05, 3.63) is 115 Å². The minimum Gasteiger partial charge on any atom is -0.0654 e. The van der Waals surface area contributed by atoms with Crippen molar-refractivity contribution < 1.29 is 0 Å². The van der Waals surface area contributed by atoms with Crippen molar-refractivity contribution in [3.63, 3.8) is 0 Å². The van der Waals surface area contributed by atoms with Gasteiger partial charge in [0.2, 0.25) is 0 Å². The largest absolute Gasteiger partial charge is 0.0654 e. The Morgan fingerprint density at radius 1 is 0.221 bits per heavy atom. The van der Waals surface area contributed by atoms with Crippen LogP contribution in [0.15, 0.2) is 48.5 Å². The first-order valence-electron chi connectivity index (χ1n) is 33.7. The molecule has 0 unspecified atom stereocenters. The van der Waals surface area contributed by atoms with Gasteiger partial charge in [-0.25, -0.2) is 0 Å². The third-order valence-corrected chi connectivity index (χ3v) is 24.5. The highest BCUT2D eigenvalue weighted by molar-refractivity contribution is 7.91. The van der Waals surface area contributed by atoms with Crippen LogP contribution in [0.1, 0.15) is 318 Å². The molecule has 0 aliphatic carbocycles. The first-order valence-corrected chi connectivity index (χ1v) is 36.4. The smallest absolute Gasteiger partial charge is 0.0211 e. The predicted octanol–water partition coefficient (Wildman–Crippen LogP) is 22.1. The third kappa shape index (κ3) is 18.9. The SMILES string of the molecule is CCCCc1ccc(P(c2ccc(CCCC)c(CCCC)c2CCCC)C(C)(C)P(c2ccc(CCCC)c(CCCC)c2CCCC)c2ccc(CCCC)c(CCCC)c2CCCC)c(CCCC)c1CCCC. The first-order chi connectivity index (χ1) is 37.6. The topological polar surface area (TPSA) is 0 Å². The Morgan fingerprint density at radius 3 is 0.545 bits per heavy atom. The molecule has 0 aliphatic rings. The number of benzene rings is 4. The second kappa shape index (κ2) is 37.7. The Kier molecular flexibility index (Phi) is 32.9. The van der Waals surface area contributed by atoms with Crippen molar-refractivity contribution in [2.45, 2.75) is 333 Å². The molecule has 0 atom stereocenters. The monoisotopic (exact) mass is 1080 g/mol. The van der Waals surface area contributed by atoms with Crippen LogP contribution in [0.25, 0.3) is 0 Å². The Balaban J connectivity index is 2.47. The molecule has 77 heavy (non-hydrogen) atoms. The van der Waals surface area contributed by atoms with Gasteiger partial charge >= 0.3 is 0 Å². The summed E-state index contributed by atoms with van der Waals surface area (Å²) in [5.74, 6) is 0. The van der Waals surface area contributed by atoms with E-state index in [9.17, 15) is 0 Å². The summed E-state index contributed by atoms with van der Waals surface area (Å²) >= 11 is 0. The Bertz CT molecular complexity index is 1950. The third-order valence-electron chi connectivity index (χ3n) is 17.5. The minimum absolute atomic E-state index is 0.0611. The highest BCUT2D eigenvalue weighted by Gasteiger charge is 2.45. The van der Waals surface area contributed by atoms with Crippen molar-refractivity contribution in [2.75, 3.05) is 0 Å². The second-order valence-electron chi connectivity index (χ2n) is 24.2. The molecular formula is C75H122P2. The summed E-state index contributed by atoms with van der Waals surface area (Å²) in [5, 5.41) is 7.05. The van der Waals surface area contributed by atoms with Crippen LogP contribution >= 0.6 is 15.8 Å². The lowest BCUT2D eigenvalue weighted by Crippen LogP contribution is -2.39. The zero-order chi connectivity index (χ0) is 56.0. The fourth-order valence-corrected chi connectivity index (χ4v) is 20.8. The lowest BCUT2D eigenvalue weighted by Gasteiger charge is -2.46. The normalized spacial score (nSPS) is 12.1. The molecule has 0 saturated heterocycles. The van der Waals surface area contributed by atoms with E-state index in [2.05, 4.69) is 145 Å². The van der Waals surface area contributed by atoms with Crippen LogP contribution in [0.3, 0.4) is 0 Å². The number of hydrogen-bond donors (Lipinski definition) is 0. The van der Waals surface area contributed by atoms with Gasteiger partial charge in [0, 0.05) is 4.90 Å². The maximum atomic E-state index is 2.89. The average Bonchev–Trinajstić information content (AvgIpc) is 3.51. The van der Waals surface area contributed by atoms with Crippen molar-refractivity contribution in [1.29, 1.82) is 0 Å². The van der Waals surface area contributed by atoms with Gasteiger partial charge in [-0.3, -0.25) is 0 Å². The molecule has 0 saturated carbocycles. The maximum Gasteiger partial charge on any atom is 0.0211 e. The van der Waals surface area contributed by atoms with Crippen LogP contribution in [0.5, 0.6) is 0 Å². The van der Waals surface area contributed by atoms with Gasteiger partial charge in [0.1, 0.15) is 0 Å². The summed E-state index contributed by atoms with van der Waals surface area (Å²) in [6, 6.07) is 22.1. The highest BCUT2D eigenvalue weighted by Crippen LogP contribution is 2.67. The van der Waals surface area contributed by atoms with E-state index >= 15 is 0 Å². The highest BCUT2D eigenvalue weighted by atomic mass is 31.2. The van der Waals surface area contributed by atoms with E-state index in [1.54, 1.807) is 88.0 Å². The predicted molar refractivity (Wildman–Crippen MR) is 356 cm³/mol. The molecule has 0 aromatic heterocycles. The Labute approximate surface area is 482 Å². The number of unbranched alkanes of at least 4 members (excludes halogenated alkanes) is 12. The van der Waals surface area contributed by atoms with Gasteiger partial charge in [-0.2, -0.15) is 0 Å². The molecule has 0 bridgehead atoms. The molecule has 0 nitrogen and oxygen atoms in total. The molecule has 4 aromatic carbocycles. The van der Waals surface area contributed by atoms with Gasteiger partial charge in [-0.05, 0) is 258 Å². The lowest BCUT2D eigenvalue weighted by molar-refractivity contribution is 0.736. The molecule has 0 spiro atoms. The summed E-state index contributed by atoms with van der Waals surface area (Å²) in [5.41, 5.74) is 20.9. The molecular weight excluding hydrogens is 963 g/mol. The Morgan fingerprint density at radius 2 is 0.377 bits per heavy atom. The molecule has 0 radical (unpaired) electrons. The molecule has 0 N–H and O–H groups in total. The quantitative estimate of drug-likeness (QED) is 0.0388. The van der Waals surface area contributed by atoms with Crippen LogP contribution in [0.2, 0.25) is 0 Å². The number of rotatable bonds is 42. The van der Waals surface area contributed by atoms with Gasteiger partial charge in [0.05, 0.1) is 0 Å². The van der Waals surface area contributed by atoms with Gasteiger partial charge in [0.15, 0.2) is 0 Å². The summed E-state index contributed by atoms with van der Waals surface area (Å²) in [6.45, 7) is 34.9. The maximum absolute atomic E-state index is 2.89. The van der Waals surface area contributed by atoms with E-state index in [0.717, 1.165) is 0 Å². The van der Waals surface area contributed by atoms with Gasteiger partial charge < -0.3 is 0 Å². The van der Waals surface area contributed by atoms with Crippen LogP contribution in [-0.4, -0.2) is 4.90 Å². The van der Waals surface area contributed by atoms with Crippen LogP contribution in [-0.2, 0) is 77.0 Å². The van der Waals surface area contributed by atoms with E-state index in [0.29, 0.717) is 0 Å². The summed E-state index contributed by atoms with van der Waals surface area (Å²) in [4.78, 5) is -0.0611. The van der Waals surface area contributed by atoms with Crippen molar-refractivity contribution in [1.82, 2.24) is 0 Å². The van der Waals surface area contributed by atoms with E-state index in [1.807, 2.05) is 0 Å². The van der Waals surface area contributed by atoms with Crippen LogP contribution < -0.4 is 21.2 Å². The average molecular weight is 1090 g/mol. The van der Waals surface area contributed by atoms with Crippen molar-refractivity contribution in [2.24, 2.45) is 0 Å². The van der Waals surface area contributed by atoms with E-state index in [-0.39, 0.29) is 4.90 Å². The second-order valence-corrected chi connectivity index (χ2v) is 30.1. The summed E-state index contributed by atoms with van der Waals surface area (Å²) in [6.07, 6.45) is 44.9. The Hall–Kier alpha value is -2.26. The standard InChI is InChI=1S/C75H122P2/c1-15-27-39-59-51-55-71(67(47-35-23-9)63(59)43-31-19-5)76(72-56-52-60(40-28-16-2)64(44-32-20-6)68(72)48-36-24-10)75(13,14)77(73-57-53-61(41-29-17-3)65(45-33-21-7)69(73)49-37-25-11)74-58-54-62(42-30-18-4)66(46-34-22-8)70(74)50-38-26-12/h51-58H,15-50H2,1-14H3. The van der Waals surface area contributed by atoms with Crippen molar-refractivity contribution in [3.8, 4) is 0 Å².